The standard InChI is InChI=1S/C15H18N2O2S.ClH/c1-16-7-8-17-15(18)12-4-2-5-13(10-12)19-11-14-6-3-9-20-14;/h2-6,9-10,16H,7-8,11H2,1H3,(H,17,18);1H. The van der Waals surface area contributed by atoms with Crippen LogP contribution in [-0.2, 0) is 6.61 Å². The molecular formula is C15H19ClN2O2S. The molecule has 6 heteroatoms. The van der Waals surface area contributed by atoms with E-state index in [0.29, 0.717) is 24.5 Å². The molecule has 114 valence electrons. The average molecular weight is 327 g/mol. The normalized spacial score (nSPS) is 9.76. The van der Waals surface area contributed by atoms with Gasteiger partial charge in [-0.2, -0.15) is 0 Å². The smallest absolute Gasteiger partial charge is 0.251 e. The molecule has 2 aromatic rings. The number of benzene rings is 1. The number of carbonyl (C=O) groups is 1. The minimum Gasteiger partial charge on any atom is -0.488 e. The van der Waals surface area contributed by atoms with Gasteiger partial charge in [0.1, 0.15) is 12.4 Å². The number of nitrogens with one attached hydrogen (secondary N) is 2. The average Bonchev–Trinajstić information content (AvgIpc) is 2.99. The van der Waals surface area contributed by atoms with Crippen molar-refractivity contribution in [3.05, 3.63) is 52.2 Å². The number of halogens is 1. The number of amides is 1. The van der Waals surface area contributed by atoms with Crippen LogP contribution in [0, 0.1) is 0 Å². The van der Waals surface area contributed by atoms with Gasteiger partial charge in [-0.1, -0.05) is 12.1 Å². The van der Waals surface area contributed by atoms with Crippen LogP contribution in [0.2, 0.25) is 0 Å². The second-order valence-corrected chi connectivity index (χ2v) is 5.29. The molecule has 0 aliphatic carbocycles. The molecule has 0 radical (unpaired) electrons. The number of likely N-dealkylation sites (N-methyl/N-ethyl adjacent to an activating group) is 1. The topological polar surface area (TPSA) is 50.4 Å². The maximum Gasteiger partial charge on any atom is 0.251 e. The van der Waals surface area contributed by atoms with Gasteiger partial charge in [0.2, 0.25) is 0 Å². The van der Waals surface area contributed by atoms with Crippen molar-refractivity contribution in [2.75, 3.05) is 20.1 Å². The summed E-state index contributed by atoms with van der Waals surface area (Å²) in [6.45, 7) is 1.89. The molecular weight excluding hydrogens is 308 g/mol. The second-order valence-electron chi connectivity index (χ2n) is 4.26. The van der Waals surface area contributed by atoms with E-state index in [0.717, 1.165) is 11.4 Å². The van der Waals surface area contributed by atoms with Crippen molar-refractivity contribution >= 4 is 29.7 Å². The molecule has 21 heavy (non-hydrogen) atoms. The van der Waals surface area contributed by atoms with Crippen molar-refractivity contribution in [2.24, 2.45) is 0 Å². The van der Waals surface area contributed by atoms with Crippen molar-refractivity contribution < 1.29 is 9.53 Å². The van der Waals surface area contributed by atoms with Gasteiger partial charge < -0.3 is 15.4 Å². The molecule has 1 amide bonds. The Morgan fingerprint density at radius 3 is 2.81 bits per heavy atom. The highest BCUT2D eigenvalue weighted by Crippen LogP contribution is 2.17. The number of carbonyl (C=O) groups excluding carboxylic acids is 1. The fourth-order valence-corrected chi connectivity index (χ4v) is 2.30. The maximum absolute atomic E-state index is 11.9. The minimum atomic E-state index is -0.0816. The van der Waals surface area contributed by atoms with Crippen LogP contribution >= 0.6 is 23.7 Å². The predicted octanol–water partition coefficient (Wildman–Crippen LogP) is 2.70. The van der Waals surface area contributed by atoms with Crippen LogP contribution in [0.5, 0.6) is 5.75 Å². The van der Waals surface area contributed by atoms with E-state index in [1.54, 1.807) is 23.5 Å². The number of hydrogen-bond acceptors (Lipinski definition) is 4. The monoisotopic (exact) mass is 326 g/mol. The molecule has 0 unspecified atom stereocenters. The summed E-state index contributed by atoms with van der Waals surface area (Å²) in [4.78, 5) is 13.1. The third kappa shape index (κ3) is 5.75. The Morgan fingerprint density at radius 2 is 2.10 bits per heavy atom. The van der Waals surface area contributed by atoms with E-state index in [-0.39, 0.29) is 18.3 Å². The zero-order valence-corrected chi connectivity index (χ0v) is 13.4. The number of ether oxygens (including phenoxy) is 1. The lowest BCUT2D eigenvalue weighted by Gasteiger charge is -2.08. The molecule has 4 nitrogen and oxygen atoms in total. The third-order valence-electron chi connectivity index (χ3n) is 2.72. The van der Waals surface area contributed by atoms with Crippen molar-refractivity contribution in [2.45, 2.75) is 6.61 Å². The molecule has 0 spiro atoms. The molecule has 1 aromatic carbocycles. The molecule has 0 atom stereocenters. The molecule has 2 rings (SSSR count). The molecule has 1 heterocycles. The summed E-state index contributed by atoms with van der Waals surface area (Å²) in [7, 11) is 1.85. The van der Waals surface area contributed by atoms with Gasteiger partial charge in [-0.15, -0.1) is 23.7 Å². The highest BCUT2D eigenvalue weighted by atomic mass is 35.5. The van der Waals surface area contributed by atoms with Gasteiger partial charge in [-0.05, 0) is 36.7 Å². The lowest BCUT2D eigenvalue weighted by atomic mass is 10.2. The molecule has 0 saturated carbocycles. The Hall–Kier alpha value is -1.56. The molecule has 0 fully saturated rings. The first kappa shape index (κ1) is 17.5. The van der Waals surface area contributed by atoms with E-state index >= 15 is 0 Å². The lowest BCUT2D eigenvalue weighted by Crippen LogP contribution is -2.30. The van der Waals surface area contributed by atoms with Crippen molar-refractivity contribution in [3.8, 4) is 5.75 Å². The lowest BCUT2D eigenvalue weighted by molar-refractivity contribution is 0.0953. The van der Waals surface area contributed by atoms with Crippen LogP contribution in [0.15, 0.2) is 41.8 Å². The fraction of sp³-hybridized carbons (Fsp3) is 0.267. The number of rotatable bonds is 7. The van der Waals surface area contributed by atoms with Crippen LogP contribution in [0.25, 0.3) is 0 Å². The largest absolute Gasteiger partial charge is 0.488 e. The highest BCUT2D eigenvalue weighted by Gasteiger charge is 2.06. The number of hydrogen-bond donors (Lipinski definition) is 2. The zero-order chi connectivity index (χ0) is 14.2. The summed E-state index contributed by atoms with van der Waals surface area (Å²) < 4.78 is 5.68. The van der Waals surface area contributed by atoms with Gasteiger partial charge in [-0.3, -0.25) is 4.79 Å². The fourth-order valence-electron chi connectivity index (χ4n) is 1.68. The summed E-state index contributed by atoms with van der Waals surface area (Å²) in [6.07, 6.45) is 0. The summed E-state index contributed by atoms with van der Waals surface area (Å²) >= 11 is 1.66. The van der Waals surface area contributed by atoms with Crippen molar-refractivity contribution in [1.29, 1.82) is 0 Å². The van der Waals surface area contributed by atoms with E-state index in [4.69, 9.17) is 4.74 Å². The minimum absolute atomic E-state index is 0. The summed E-state index contributed by atoms with van der Waals surface area (Å²) in [6, 6.07) is 11.3. The molecule has 0 aliphatic rings. The quantitative estimate of drug-likeness (QED) is 0.769. The third-order valence-corrected chi connectivity index (χ3v) is 3.57. The maximum atomic E-state index is 11.9. The van der Waals surface area contributed by atoms with E-state index in [2.05, 4.69) is 10.6 Å². The Morgan fingerprint density at radius 1 is 1.24 bits per heavy atom. The Bertz CT molecular complexity index is 546. The molecule has 0 aliphatic heterocycles. The predicted molar refractivity (Wildman–Crippen MR) is 88.6 cm³/mol. The first-order valence-corrected chi connectivity index (χ1v) is 7.35. The van der Waals surface area contributed by atoms with E-state index in [1.165, 1.54) is 0 Å². The Kier molecular flexibility index (Phi) is 7.82. The first-order chi connectivity index (χ1) is 9.79. The molecule has 0 saturated heterocycles. The van der Waals surface area contributed by atoms with Gasteiger partial charge in [0.25, 0.3) is 5.91 Å². The van der Waals surface area contributed by atoms with Gasteiger partial charge in [0.05, 0.1) is 0 Å². The van der Waals surface area contributed by atoms with Crippen LogP contribution in [0.4, 0.5) is 0 Å². The summed E-state index contributed by atoms with van der Waals surface area (Å²) in [5, 5.41) is 7.84. The van der Waals surface area contributed by atoms with Gasteiger partial charge in [0.15, 0.2) is 0 Å². The van der Waals surface area contributed by atoms with Crippen LogP contribution in [0.1, 0.15) is 15.2 Å². The summed E-state index contributed by atoms with van der Waals surface area (Å²) in [5.74, 6) is 0.626. The highest BCUT2D eigenvalue weighted by molar-refractivity contribution is 7.09. The van der Waals surface area contributed by atoms with Crippen LogP contribution < -0.4 is 15.4 Å². The van der Waals surface area contributed by atoms with E-state index in [1.807, 2.05) is 36.7 Å². The summed E-state index contributed by atoms with van der Waals surface area (Å²) in [5.41, 5.74) is 0.616. The zero-order valence-electron chi connectivity index (χ0n) is 11.8. The molecule has 0 bridgehead atoms. The van der Waals surface area contributed by atoms with Gasteiger partial charge in [-0.25, -0.2) is 0 Å². The van der Waals surface area contributed by atoms with E-state index in [9.17, 15) is 4.79 Å². The molecule has 1 aromatic heterocycles. The SMILES string of the molecule is CNCCNC(=O)c1cccc(OCc2cccs2)c1.Cl. The first-order valence-electron chi connectivity index (χ1n) is 6.47. The molecule has 2 N–H and O–H groups in total. The van der Waals surface area contributed by atoms with Crippen LogP contribution in [0.3, 0.4) is 0 Å². The van der Waals surface area contributed by atoms with Gasteiger partial charge in [0, 0.05) is 23.5 Å². The van der Waals surface area contributed by atoms with Crippen molar-refractivity contribution in [3.63, 3.8) is 0 Å². The van der Waals surface area contributed by atoms with Gasteiger partial charge >= 0.3 is 0 Å². The Labute approximate surface area is 134 Å². The van der Waals surface area contributed by atoms with Crippen LogP contribution in [-0.4, -0.2) is 26.0 Å². The Balaban J connectivity index is 0.00000220. The van der Waals surface area contributed by atoms with Crippen molar-refractivity contribution in [1.82, 2.24) is 10.6 Å². The van der Waals surface area contributed by atoms with E-state index < -0.39 is 0 Å². The number of thiophene rings is 1. The second kappa shape index (κ2) is 9.39.